The maximum Gasteiger partial charge on any atom is 0.262 e. The number of carbonyl (C=O) groups excluding carboxylic acids is 1. The first-order valence-electron chi connectivity index (χ1n) is 10.6. The van der Waals surface area contributed by atoms with E-state index in [4.69, 9.17) is 21.7 Å². The fourth-order valence-corrected chi connectivity index (χ4v) is 3.63. The fourth-order valence-electron chi connectivity index (χ4n) is 3.34. The third-order valence-electron chi connectivity index (χ3n) is 5.09. The molecule has 1 unspecified atom stereocenters. The van der Waals surface area contributed by atoms with Gasteiger partial charge in [-0.3, -0.25) is 14.2 Å². The molecule has 2 N–H and O–H groups in total. The summed E-state index contributed by atoms with van der Waals surface area (Å²) >= 11 is 5.31. The van der Waals surface area contributed by atoms with Crippen LogP contribution in [0.3, 0.4) is 0 Å². The van der Waals surface area contributed by atoms with Crippen LogP contribution in [0, 0.1) is 10.7 Å². The molecule has 1 aromatic heterocycles. The van der Waals surface area contributed by atoms with Crippen molar-refractivity contribution >= 4 is 29.0 Å². The zero-order valence-electron chi connectivity index (χ0n) is 18.8. The lowest BCUT2D eigenvalue weighted by Gasteiger charge is -2.18. The van der Waals surface area contributed by atoms with E-state index in [2.05, 4.69) is 24.1 Å². The molecule has 7 nitrogen and oxygen atoms in total. The average Bonchev–Trinajstić information content (AvgIpc) is 2.77. The van der Waals surface area contributed by atoms with Crippen LogP contribution < -0.4 is 20.3 Å². The summed E-state index contributed by atoms with van der Waals surface area (Å²) in [5.41, 5.74) is 1.38. The van der Waals surface area contributed by atoms with E-state index in [-0.39, 0.29) is 30.5 Å². The molecule has 3 aromatic rings. The summed E-state index contributed by atoms with van der Waals surface area (Å²) in [7, 11) is 1.59. The summed E-state index contributed by atoms with van der Waals surface area (Å²) in [6.07, 6.45) is 0.132. The number of benzene rings is 2. The Morgan fingerprint density at radius 3 is 2.62 bits per heavy atom. The lowest BCUT2D eigenvalue weighted by molar-refractivity contribution is -0.122. The molecule has 1 heterocycles. The number of carbonyl (C=O) groups is 1. The number of aromatic nitrogens is 2. The molecule has 0 spiro atoms. The number of nitrogens with one attached hydrogen (secondary N) is 2. The largest absolute Gasteiger partial charge is 0.493 e. The zero-order chi connectivity index (χ0) is 23.3. The van der Waals surface area contributed by atoms with Crippen molar-refractivity contribution in [1.29, 1.82) is 0 Å². The molecule has 32 heavy (non-hydrogen) atoms. The molecule has 0 aliphatic carbocycles. The molecular weight excluding hydrogens is 426 g/mol. The molecule has 1 amide bonds. The van der Waals surface area contributed by atoms with Gasteiger partial charge in [0.05, 0.1) is 30.7 Å². The molecule has 0 fully saturated rings. The van der Waals surface area contributed by atoms with Crippen molar-refractivity contribution in [3.63, 3.8) is 0 Å². The second-order valence-electron chi connectivity index (χ2n) is 8.09. The Labute approximate surface area is 192 Å². The predicted octanol–water partition coefficient (Wildman–Crippen LogP) is 4.37. The molecule has 8 heteroatoms. The second-order valence-corrected chi connectivity index (χ2v) is 8.47. The second kappa shape index (κ2) is 10.5. The van der Waals surface area contributed by atoms with Crippen LogP contribution in [0.1, 0.15) is 38.8 Å². The average molecular weight is 456 g/mol. The van der Waals surface area contributed by atoms with Gasteiger partial charge in [0.25, 0.3) is 5.56 Å². The third kappa shape index (κ3) is 5.56. The lowest BCUT2D eigenvalue weighted by Crippen LogP contribution is -2.30. The number of para-hydroxylation sites is 1. The topological polar surface area (TPSA) is 85.4 Å². The van der Waals surface area contributed by atoms with Crippen LogP contribution in [0.2, 0.25) is 0 Å². The number of ether oxygens (including phenoxy) is 2. The van der Waals surface area contributed by atoms with Gasteiger partial charge in [0.1, 0.15) is 0 Å². The van der Waals surface area contributed by atoms with Crippen molar-refractivity contribution in [2.45, 2.75) is 39.8 Å². The first-order valence-corrected chi connectivity index (χ1v) is 11.0. The van der Waals surface area contributed by atoms with Gasteiger partial charge >= 0.3 is 0 Å². The number of nitrogens with zero attached hydrogens (tertiary/aromatic N) is 1. The van der Waals surface area contributed by atoms with Gasteiger partial charge in [0, 0.05) is 13.0 Å². The molecular formula is C24H29N3O4S. The summed E-state index contributed by atoms with van der Waals surface area (Å²) in [5.74, 6) is 1.53. The van der Waals surface area contributed by atoms with E-state index in [1.807, 2.05) is 31.2 Å². The molecule has 0 saturated heterocycles. The summed E-state index contributed by atoms with van der Waals surface area (Å²) in [4.78, 5) is 28.3. The minimum atomic E-state index is -0.238. The number of fused-ring (bicyclic) bond motifs is 1. The molecule has 170 valence electrons. The Bertz CT molecular complexity index is 1220. The highest BCUT2D eigenvalue weighted by Gasteiger charge is 2.14. The van der Waals surface area contributed by atoms with Crippen molar-refractivity contribution in [2.75, 3.05) is 13.7 Å². The highest BCUT2D eigenvalue weighted by atomic mass is 32.1. The van der Waals surface area contributed by atoms with Crippen LogP contribution in [-0.4, -0.2) is 29.2 Å². The number of H-pyrrole nitrogens is 1. The Morgan fingerprint density at radius 1 is 1.16 bits per heavy atom. The SMILES string of the molecule is COc1cc(C(C)NC(=O)CCn2c(=S)[nH]c3ccccc3c2=O)ccc1OCC(C)C. The van der Waals surface area contributed by atoms with Crippen LogP contribution in [-0.2, 0) is 11.3 Å². The molecule has 0 bridgehead atoms. The van der Waals surface area contributed by atoms with Crippen LogP contribution in [0.5, 0.6) is 11.5 Å². The minimum Gasteiger partial charge on any atom is -0.493 e. The molecule has 0 radical (unpaired) electrons. The van der Waals surface area contributed by atoms with Crippen molar-refractivity contribution in [2.24, 2.45) is 5.92 Å². The van der Waals surface area contributed by atoms with Gasteiger partial charge in [0.15, 0.2) is 16.3 Å². The van der Waals surface area contributed by atoms with Gasteiger partial charge in [-0.15, -0.1) is 0 Å². The Hall–Kier alpha value is -3.13. The standard InChI is InChI=1S/C24H29N3O4S/c1-15(2)14-31-20-10-9-17(13-21(20)30-4)16(3)25-22(28)11-12-27-23(29)18-7-5-6-8-19(18)26-24(27)32/h5-10,13,15-16H,11-12,14H2,1-4H3,(H,25,28)(H,26,32). The van der Waals surface area contributed by atoms with E-state index in [0.717, 1.165) is 5.56 Å². The zero-order valence-corrected chi connectivity index (χ0v) is 19.6. The molecule has 0 aliphatic rings. The monoisotopic (exact) mass is 455 g/mol. The van der Waals surface area contributed by atoms with Crippen LogP contribution in [0.4, 0.5) is 0 Å². The first-order chi connectivity index (χ1) is 15.3. The van der Waals surface area contributed by atoms with Gasteiger partial charge in [-0.1, -0.05) is 32.0 Å². The van der Waals surface area contributed by atoms with Crippen LogP contribution in [0.25, 0.3) is 10.9 Å². The quantitative estimate of drug-likeness (QED) is 0.468. The Morgan fingerprint density at radius 2 is 1.91 bits per heavy atom. The third-order valence-corrected chi connectivity index (χ3v) is 5.41. The molecule has 0 aliphatic heterocycles. The summed E-state index contributed by atoms with van der Waals surface area (Å²) in [6, 6.07) is 12.6. The number of methoxy groups -OCH3 is 1. The molecule has 0 saturated carbocycles. The predicted molar refractivity (Wildman–Crippen MR) is 128 cm³/mol. The Balaban J connectivity index is 1.66. The summed E-state index contributed by atoms with van der Waals surface area (Å²) in [6.45, 7) is 6.85. The molecule has 2 aromatic carbocycles. The van der Waals surface area contributed by atoms with Gasteiger partial charge < -0.3 is 19.8 Å². The lowest BCUT2D eigenvalue weighted by atomic mass is 10.1. The fraction of sp³-hybridized carbons (Fsp3) is 0.375. The van der Waals surface area contributed by atoms with Crippen molar-refractivity contribution < 1.29 is 14.3 Å². The summed E-state index contributed by atoms with van der Waals surface area (Å²) < 4.78 is 13.0. The van der Waals surface area contributed by atoms with E-state index >= 15 is 0 Å². The van der Waals surface area contributed by atoms with Crippen LogP contribution in [0.15, 0.2) is 47.3 Å². The number of hydrogen-bond acceptors (Lipinski definition) is 5. The van der Waals surface area contributed by atoms with E-state index in [1.54, 1.807) is 25.3 Å². The van der Waals surface area contributed by atoms with Crippen LogP contribution >= 0.6 is 12.2 Å². The van der Waals surface area contributed by atoms with Crippen molar-refractivity contribution in [3.8, 4) is 11.5 Å². The number of rotatable bonds is 9. The minimum absolute atomic E-state index is 0.132. The number of aromatic amines is 1. The van der Waals surface area contributed by atoms with E-state index in [9.17, 15) is 9.59 Å². The first kappa shape index (κ1) is 23.5. The van der Waals surface area contributed by atoms with E-state index in [1.165, 1.54) is 4.57 Å². The number of amides is 1. The smallest absolute Gasteiger partial charge is 0.262 e. The highest BCUT2D eigenvalue weighted by molar-refractivity contribution is 7.71. The van der Waals surface area contributed by atoms with E-state index < -0.39 is 0 Å². The maximum atomic E-state index is 12.7. The molecule has 3 rings (SSSR count). The van der Waals surface area contributed by atoms with Gasteiger partial charge in [-0.25, -0.2) is 0 Å². The maximum absolute atomic E-state index is 12.7. The highest BCUT2D eigenvalue weighted by Crippen LogP contribution is 2.30. The van der Waals surface area contributed by atoms with Gasteiger partial charge in [-0.05, 0) is 54.9 Å². The Kier molecular flexibility index (Phi) is 7.69. The van der Waals surface area contributed by atoms with Gasteiger partial charge in [-0.2, -0.15) is 0 Å². The van der Waals surface area contributed by atoms with Crippen molar-refractivity contribution in [1.82, 2.24) is 14.9 Å². The van der Waals surface area contributed by atoms with Gasteiger partial charge in [0.2, 0.25) is 5.91 Å². The molecule has 1 atom stereocenters. The summed E-state index contributed by atoms with van der Waals surface area (Å²) in [5, 5.41) is 3.51. The normalized spacial score (nSPS) is 12.0. The van der Waals surface area contributed by atoms with E-state index in [0.29, 0.717) is 39.7 Å². The number of hydrogen-bond donors (Lipinski definition) is 2. The van der Waals surface area contributed by atoms with Crippen molar-refractivity contribution in [3.05, 3.63) is 63.2 Å².